The summed E-state index contributed by atoms with van der Waals surface area (Å²) < 4.78 is 30.3. The van der Waals surface area contributed by atoms with Gasteiger partial charge in [0.25, 0.3) is 0 Å². The number of nitriles is 1. The van der Waals surface area contributed by atoms with Crippen LogP contribution in [0.3, 0.4) is 0 Å². The summed E-state index contributed by atoms with van der Waals surface area (Å²) in [6.45, 7) is 0. The van der Waals surface area contributed by atoms with Gasteiger partial charge in [-0.1, -0.05) is 40.2 Å². The summed E-state index contributed by atoms with van der Waals surface area (Å²) in [6, 6.07) is 14.3. The largest absolute Gasteiger partial charge is 0.469 e. The Morgan fingerprint density at radius 2 is 1.76 bits per heavy atom. The summed E-state index contributed by atoms with van der Waals surface area (Å²) in [5.41, 5.74) is 1.55. The molecule has 7 nitrogen and oxygen atoms in total. The SMILES string of the molecule is COC(=O)CC(NC(=O)CS(=O)(=O)Cc1ccc(C#N)cc1)c1ccc(Br)cc1. The van der Waals surface area contributed by atoms with Crippen molar-refractivity contribution in [3.05, 3.63) is 69.7 Å². The van der Waals surface area contributed by atoms with E-state index in [1.807, 2.05) is 6.07 Å². The fourth-order valence-electron chi connectivity index (χ4n) is 2.61. The van der Waals surface area contributed by atoms with Gasteiger partial charge < -0.3 is 10.1 Å². The van der Waals surface area contributed by atoms with Gasteiger partial charge in [0.05, 0.1) is 37.0 Å². The maximum atomic E-state index is 12.4. The molecular formula is C20H19BrN2O5S. The van der Waals surface area contributed by atoms with Crippen LogP contribution in [0.25, 0.3) is 0 Å². The van der Waals surface area contributed by atoms with Gasteiger partial charge >= 0.3 is 5.97 Å². The van der Waals surface area contributed by atoms with E-state index in [4.69, 9.17) is 5.26 Å². The number of halogens is 1. The Kier molecular flexibility index (Phi) is 7.93. The smallest absolute Gasteiger partial charge is 0.307 e. The second kappa shape index (κ2) is 10.2. The first-order valence-corrected chi connectivity index (χ1v) is 11.1. The highest BCUT2D eigenvalue weighted by molar-refractivity contribution is 9.10. The lowest BCUT2D eigenvalue weighted by atomic mass is 10.0. The van der Waals surface area contributed by atoms with Gasteiger partial charge in [0.1, 0.15) is 5.75 Å². The molecule has 0 saturated heterocycles. The standard InChI is InChI=1S/C20H19BrN2O5S/c1-28-20(25)10-18(16-6-8-17(21)9-7-16)23-19(24)13-29(26,27)12-15-4-2-14(11-22)3-5-15/h2-9,18H,10,12-13H2,1H3,(H,23,24). The molecule has 0 radical (unpaired) electrons. The van der Waals surface area contributed by atoms with Gasteiger partial charge in [-0.2, -0.15) is 5.26 Å². The van der Waals surface area contributed by atoms with E-state index < -0.39 is 33.5 Å². The van der Waals surface area contributed by atoms with Crippen LogP contribution in [0.4, 0.5) is 0 Å². The number of amides is 1. The zero-order valence-electron chi connectivity index (χ0n) is 15.6. The monoisotopic (exact) mass is 478 g/mol. The molecule has 1 unspecified atom stereocenters. The molecule has 0 aliphatic rings. The number of benzene rings is 2. The normalized spacial score (nSPS) is 11.9. The van der Waals surface area contributed by atoms with Crippen LogP contribution in [0.5, 0.6) is 0 Å². The maximum absolute atomic E-state index is 12.4. The number of ether oxygens (including phenoxy) is 1. The van der Waals surface area contributed by atoms with Crippen LogP contribution < -0.4 is 5.32 Å². The maximum Gasteiger partial charge on any atom is 0.307 e. The fraction of sp³-hybridized carbons (Fsp3) is 0.250. The van der Waals surface area contributed by atoms with E-state index in [0.29, 0.717) is 16.7 Å². The molecule has 152 valence electrons. The quantitative estimate of drug-likeness (QED) is 0.583. The molecule has 0 bridgehead atoms. The molecule has 1 atom stereocenters. The molecule has 0 spiro atoms. The Bertz CT molecular complexity index is 1010. The lowest BCUT2D eigenvalue weighted by molar-refractivity contribution is -0.141. The Morgan fingerprint density at radius 1 is 1.14 bits per heavy atom. The van der Waals surface area contributed by atoms with E-state index in [2.05, 4.69) is 26.0 Å². The summed E-state index contributed by atoms with van der Waals surface area (Å²) in [7, 11) is -2.50. The van der Waals surface area contributed by atoms with Crippen LogP contribution >= 0.6 is 15.9 Å². The number of nitrogens with one attached hydrogen (secondary N) is 1. The lowest BCUT2D eigenvalue weighted by Crippen LogP contribution is -2.35. The van der Waals surface area contributed by atoms with Gasteiger partial charge in [0, 0.05) is 4.47 Å². The van der Waals surface area contributed by atoms with Crippen molar-refractivity contribution in [1.82, 2.24) is 5.32 Å². The molecule has 2 aromatic carbocycles. The fourth-order valence-corrected chi connectivity index (χ4v) is 4.16. The molecular weight excluding hydrogens is 460 g/mol. The molecule has 1 amide bonds. The summed E-state index contributed by atoms with van der Waals surface area (Å²) in [5.74, 6) is -2.29. The molecule has 9 heteroatoms. The molecule has 0 aliphatic heterocycles. The van der Waals surface area contributed by atoms with Crippen LogP contribution in [0.1, 0.15) is 29.2 Å². The molecule has 0 aliphatic carbocycles. The van der Waals surface area contributed by atoms with Crippen molar-refractivity contribution in [2.24, 2.45) is 0 Å². The molecule has 0 aromatic heterocycles. The number of sulfone groups is 1. The van der Waals surface area contributed by atoms with Crippen molar-refractivity contribution in [3.63, 3.8) is 0 Å². The van der Waals surface area contributed by atoms with Crippen LogP contribution in [0, 0.1) is 11.3 Å². The number of hydrogen-bond donors (Lipinski definition) is 1. The second-order valence-electron chi connectivity index (χ2n) is 6.29. The first kappa shape index (κ1) is 22.6. The van der Waals surface area contributed by atoms with Gasteiger partial charge in [0.15, 0.2) is 9.84 Å². The van der Waals surface area contributed by atoms with E-state index in [9.17, 15) is 18.0 Å². The van der Waals surface area contributed by atoms with Gasteiger partial charge in [-0.25, -0.2) is 8.42 Å². The number of nitrogens with zero attached hydrogens (tertiary/aromatic N) is 1. The third kappa shape index (κ3) is 7.33. The van der Waals surface area contributed by atoms with Crippen LogP contribution in [-0.2, 0) is 29.9 Å². The van der Waals surface area contributed by atoms with Gasteiger partial charge in [-0.05, 0) is 35.4 Å². The second-order valence-corrected chi connectivity index (χ2v) is 9.27. The molecule has 0 saturated carbocycles. The average molecular weight is 479 g/mol. The summed E-state index contributed by atoms with van der Waals surface area (Å²) >= 11 is 3.31. The van der Waals surface area contributed by atoms with Crippen LogP contribution in [0.2, 0.25) is 0 Å². The molecule has 29 heavy (non-hydrogen) atoms. The van der Waals surface area contributed by atoms with E-state index >= 15 is 0 Å². The Morgan fingerprint density at radius 3 is 2.31 bits per heavy atom. The highest BCUT2D eigenvalue weighted by Crippen LogP contribution is 2.20. The minimum atomic E-state index is -3.74. The number of esters is 1. The number of hydrogen-bond acceptors (Lipinski definition) is 6. The molecule has 2 aromatic rings. The Balaban J connectivity index is 2.08. The van der Waals surface area contributed by atoms with Crippen molar-refractivity contribution in [2.75, 3.05) is 12.9 Å². The zero-order chi connectivity index (χ0) is 21.4. The number of carbonyl (C=O) groups is 2. The first-order chi connectivity index (χ1) is 13.7. The average Bonchev–Trinajstić information content (AvgIpc) is 2.67. The molecule has 0 fully saturated rings. The van der Waals surface area contributed by atoms with Gasteiger partial charge in [-0.3, -0.25) is 9.59 Å². The predicted octanol–water partition coefficient (Wildman–Crippen LogP) is 2.66. The minimum absolute atomic E-state index is 0.125. The Labute approximate surface area is 177 Å². The summed E-state index contributed by atoms with van der Waals surface area (Å²) in [5, 5.41) is 11.4. The highest BCUT2D eigenvalue weighted by atomic mass is 79.9. The third-order valence-electron chi connectivity index (χ3n) is 4.03. The van der Waals surface area contributed by atoms with E-state index in [-0.39, 0.29) is 12.2 Å². The number of methoxy groups -OCH3 is 1. The number of carbonyl (C=O) groups excluding carboxylic acids is 2. The van der Waals surface area contributed by atoms with Gasteiger partial charge in [-0.15, -0.1) is 0 Å². The van der Waals surface area contributed by atoms with E-state index in [1.54, 1.807) is 24.3 Å². The lowest BCUT2D eigenvalue weighted by Gasteiger charge is -2.18. The van der Waals surface area contributed by atoms with Crippen molar-refractivity contribution in [3.8, 4) is 6.07 Å². The van der Waals surface area contributed by atoms with Crippen molar-refractivity contribution >= 4 is 37.6 Å². The van der Waals surface area contributed by atoms with Crippen LogP contribution in [-0.4, -0.2) is 33.2 Å². The van der Waals surface area contributed by atoms with Gasteiger partial charge in [0.2, 0.25) is 5.91 Å². The van der Waals surface area contributed by atoms with Crippen LogP contribution in [0.15, 0.2) is 53.0 Å². The van der Waals surface area contributed by atoms with Crippen molar-refractivity contribution in [1.29, 1.82) is 5.26 Å². The van der Waals surface area contributed by atoms with E-state index in [0.717, 1.165) is 4.47 Å². The van der Waals surface area contributed by atoms with Crippen molar-refractivity contribution < 1.29 is 22.7 Å². The molecule has 0 heterocycles. The summed E-state index contributed by atoms with van der Waals surface area (Å²) in [6.07, 6.45) is -0.125. The van der Waals surface area contributed by atoms with E-state index in [1.165, 1.54) is 31.4 Å². The highest BCUT2D eigenvalue weighted by Gasteiger charge is 2.23. The third-order valence-corrected chi connectivity index (χ3v) is 6.03. The Hall–Kier alpha value is -2.70. The summed E-state index contributed by atoms with van der Waals surface area (Å²) in [4.78, 5) is 24.1. The van der Waals surface area contributed by atoms with Crippen molar-refractivity contribution in [2.45, 2.75) is 18.2 Å². The predicted molar refractivity (Wildman–Crippen MR) is 110 cm³/mol. The molecule has 1 N–H and O–H groups in total. The zero-order valence-corrected chi connectivity index (χ0v) is 18.0. The molecule has 2 rings (SSSR count). The topological polar surface area (TPSA) is 113 Å². The first-order valence-electron chi connectivity index (χ1n) is 8.53. The minimum Gasteiger partial charge on any atom is -0.469 e. The number of rotatable bonds is 8.